The minimum absolute atomic E-state index is 0.0102. The Morgan fingerprint density at radius 2 is 1.74 bits per heavy atom. The van der Waals surface area contributed by atoms with Crippen molar-refractivity contribution in [1.82, 2.24) is 14.8 Å². The van der Waals surface area contributed by atoms with E-state index >= 15 is 0 Å². The van der Waals surface area contributed by atoms with Crippen LogP contribution in [0.1, 0.15) is 65.7 Å². The summed E-state index contributed by atoms with van der Waals surface area (Å²) >= 11 is 1.39. The molecule has 1 saturated heterocycles. The van der Waals surface area contributed by atoms with Gasteiger partial charge in [0.25, 0.3) is 0 Å². The molecule has 1 aromatic heterocycles. The number of carbonyl (C=O) groups is 3. The number of nitrogens with zero attached hydrogens (tertiary/aromatic N) is 3. The van der Waals surface area contributed by atoms with Gasteiger partial charge in [-0.15, -0.1) is 11.3 Å². The van der Waals surface area contributed by atoms with E-state index in [0.717, 1.165) is 24.1 Å². The molecule has 0 atom stereocenters. The molecule has 2 heterocycles. The Labute approximate surface area is 235 Å². The number of hydrogen-bond donors (Lipinski definition) is 2. The van der Waals surface area contributed by atoms with E-state index in [1.807, 2.05) is 50.4 Å². The molecule has 0 bridgehead atoms. The molecule has 9 nitrogen and oxygen atoms in total. The normalized spacial score (nSPS) is 17.1. The Kier molecular flexibility index (Phi) is 9.48. The van der Waals surface area contributed by atoms with Gasteiger partial charge in [-0.3, -0.25) is 9.59 Å². The van der Waals surface area contributed by atoms with Gasteiger partial charge in [0.2, 0.25) is 11.8 Å². The van der Waals surface area contributed by atoms with E-state index in [2.05, 4.69) is 10.3 Å². The molecule has 3 amide bonds. The fraction of sp³-hybridized carbons (Fsp3) is 0.586. The van der Waals surface area contributed by atoms with Crippen molar-refractivity contribution in [3.8, 4) is 11.3 Å². The van der Waals surface area contributed by atoms with Crippen LogP contribution in [-0.2, 0) is 14.3 Å². The zero-order valence-electron chi connectivity index (χ0n) is 23.3. The second-order valence-electron chi connectivity index (χ2n) is 11.7. The highest BCUT2D eigenvalue weighted by atomic mass is 32.1. The second-order valence-corrected chi connectivity index (χ2v) is 12.6. The summed E-state index contributed by atoms with van der Waals surface area (Å²) < 4.78 is 5.49. The van der Waals surface area contributed by atoms with Gasteiger partial charge < -0.3 is 25.6 Å². The predicted octanol–water partition coefficient (Wildman–Crippen LogP) is 5.39. The number of hydrogen-bond acceptors (Lipinski definition) is 7. The number of benzene rings is 1. The number of piperidine rings is 1. The molecule has 1 aromatic carbocycles. The lowest BCUT2D eigenvalue weighted by Crippen LogP contribution is -2.48. The Morgan fingerprint density at radius 1 is 1.08 bits per heavy atom. The molecule has 1 aliphatic heterocycles. The molecule has 0 radical (unpaired) electrons. The van der Waals surface area contributed by atoms with Crippen molar-refractivity contribution in [2.45, 2.75) is 71.3 Å². The molecule has 212 valence electrons. The zero-order chi connectivity index (χ0) is 28.0. The maximum Gasteiger partial charge on any atom is 0.410 e. The summed E-state index contributed by atoms with van der Waals surface area (Å²) in [5.41, 5.74) is 7.58. The van der Waals surface area contributed by atoms with E-state index in [1.165, 1.54) is 30.6 Å². The molecular formula is C29H41N5O4S. The molecular weight excluding hydrogens is 514 g/mol. The molecule has 3 N–H and O–H groups in total. The van der Waals surface area contributed by atoms with Gasteiger partial charge in [-0.1, -0.05) is 31.4 Å². The van der Waals surface area contributed by atoms with Crippen LogP contribution in [0, 0.1) is 11.8 Å². The third-order valence-electron chi connectivity index (χ3n) is 7.33. The van der Waals surface area contributed by atoms with Crippen molar-refractivity contribution < 1.29 is 19.1 Å². The lowest BCUT2D eigenvalue weighted by atomic mass is 9.88. The van der Waals surface area contributed by atoms with E-state index in [1.54, 1.807) is 9.80 Å². The topological polar surface area (TPSA) is 118 Å². The number of nitrogen functional groups attached to an aromatic ring is 1. The Morgan fingerprint density at radius 3 is 2.33 bits per heavy atom. The smallest absolute Gasteiger partial charge is 0.410 e. The monoisotopic (exact) mass is 555 g/mol. The number of amides is 3. The lowest BCUT2D eigenvalue weighted by Gasteiger charge is -2.36. The van der Waals surface area contributed by atoms with Gasteiger partial charge in [-0.25, -0.2) is 9.78 Å². The van der Waals surface area contributed by atoms with Gasteiger partial charge in [-0.2, -0.15) is 0 Å². The largest absolute Gasteiger partial charge is 0.444 e. The average molecular weight is 556 g/mol. The molecule has 1 aliphatic carbocycles. The molecule has 2 aliphatic rings. The van der Waals surface area contributed by atoms with Crippen molar-refractivity contribution >= 4 is 40.1 Å². The number of nitrogens with one attached hydrogen (secondary N) is 1. The molecule has 39 heavy (non-hydrogen) atoms. The van der Waals surface area contributed by atoms with Crippen molar-refractivity contribution in [1.29, 1.82) is 0 Å². The Hall–Kier alpha value is -3.14. The minimum atomic E-state index is -0.553. The molecule has 2 aromatic rings. The first kappa shape index (κ1) is 28.9. The van der Waals surface area contributed by atoms with Crippen LogP contribution in [0.3, 0.4) is 0 Å². The Balaban J connectivity index is 1.36. The summed E-state index contributed by atoms with van der Waals surface area (Å²) in [6.45, 7) is 7.12. The van der Waals surface area contributed by atoms with E-state index in [9.17, 15) is 14.4 Å². The maximum atomic E-state index is 13.7. The number of nitrogens with two attached hydrogens (primary N) is 1. The third-order valence-corrected chi connectivity index (χ3v) is 8.01. The van der Waals surface area contributed by atoms with Crippen LogP contribution in [-0.4, -0.2) is 64.5 Å². The van der Waals surface area contributed by atoms with E-state index in [0.29, 0.717) is 49.2 Å². The highest BCUT2D eigenvalue weighted by Crippen LogP contribution is 2.28. The second kappa shape index (κ2) is 12.8. The van der Waals surface area contributed by atoms with Crippen molar-refractivity contribution in [3.63, 3.8) is 0 Å². The molecule has 0 unspecified atom stereocenters. The highest BCUT2D eigenvalue weighted by molar-refractivity contribution is 7.13. The molecule has 1 saturated carbocycles. The maximum absolute atomic E-state index is 13.7. The van der Waals surface area contributed by atoms with Crippen LogP contribution in [0.5, 0.6) is 0 Å². The van der Waals surface area contributed by atoms with E-state index in [4.69, 9.17) is 10.5 Å². The third kappa shape index (κ3) is 8.42. The van der Waals surface area contributed by atoms with Crippen LogP contribution >= 0.6 is 11.3 Å². The minimum Gasteiger partial charge on any atom is -0.444 e. The highest BCUT2D eigenvalue weighted by Gasteiger charge is 2.33. The SMILES string of the molecule is CC(C)(C)OC(=O)N1CCC(C(=O)N(CC(=O)Nc2ccc(-c3csc(N)n3)cc2)CC2CCCCC2)CC1. The first-order valence-corrected chi connectivity index (χ1v) is 14.8. The first-order chi connectivity index (χ1) is 18.6. The van der Waals surface area contributed by atoms with Gasteiger partial charge in [0.1, 0.15) is 5.60 Å². The summed E-state index contributed by atoms with van der Waals surface area (Å²) in [4.78, 5) is 46.9. The van der Waals surface area contributed by atoms with Gasteiger partial charge in [-0.05, 0) is 64.5 Å². The van der Waals surface area contributed by atoms with Crippen LogP contribution in [0.25, 0.3) is 11.3 Å². The van der Waals surface area contributed by atoms with Crippen LogP contribution < -0.4 is 11.1 Å². The lowest BCUT2D eigenvalue weighted by molar-refractivity contribution is -0.140. The summed E-state index contributed by atoms with van der Waals surface area (Å²) in [6.07, 6.45) is 6.56. The quantitative estimate of drug-likeness (QED) is 0.473. The van der Waals surface area contributed by atoms with Gasteiger partial charge >= 0.3 is 6.09 Å². The average Bonchev–Trinajstić information content (AvgIpc) is 3.34. The number of carbonyl (C=O) groups excluding carboxylic acids is 3. The molecule has 10 heteroatoms. The fourth-order valence-electron chi connectivity index (χ4n) is 5.33. The predicted molar refractivity (Wildman–Crippen MR) is 154 cm³/mol. The standard InChI is InChI=1S/C29H41N5O4S/c1-29(2,3)38-28(37)33-15-13-22(14-16-33)26(36)34(17-20-7-5-4-6-8-20)18-25(35)31-23-11-9-21(10-12-23)24-19-39-27(30)32-24/h9-12,19-20,22H,4-8,13-18H2,1-3H3,(H2,30,32)(H,31,35). The number of anilines is 2. The molecule has 0 spiro atoms. The molecule has 2 fully saturated rings. The van der Waals surface area contributed by atoms with Gasteiger partial charge in [0, 0.05) is 42.2 Å². The van der Waals surface area contributed by atoms with Crippen LogP contribution in [0.2, 0.25) is 0 Å². The first-order valence-electron chi connectivity index (χ1n) is 14.0. The summed E-state index contributed by atoms with van der Waals surface area (Å²) in [7, 11) is 0. The number of rotatable bonds is 7. The summed E-state index contributed by atoms with van der Waals surface area (Å²) in [5.74, 6) is 0.0131. The summed E-state index contributed by atoms with van der Waals surface area (Å²) in [6, 6.07) is 7.46. The van der Waals surface area contributed by atoms with Crippen LogP contribution in [0.15, 0.2) is 29.6 Å². The van der Waals surface area contributed by atoms with E-state index < -0.39 is 5.60 Å². The number of thiazole rings is 1. The number of aromatic nitrogens is 1. The van der Waals surface area contributed by atoms with Gasteiger partial charge in [0.15, 0.2) is 5.13 Å². The van der Waals surface area contributed by atoms with Crippen molar-refractivity contribution in [3.05, 3.63) is 29.6 Å². The van der Waals surface area contributed by atoms with Crippen LogP contribution in [0.4, 0.5) is 15.6 Å². The Bertz CT molecular complexity index is 1130. The zero-order valence-corrected chi connectivity index (χ0v) is 24.1. The number of ether oxygens (including phenoxy) is 1. The van der Waals surface area contributed by atoms with Crippen molar-refractivity contribution in [2.75, 3.05) is 37.2 Å². The van der Waals surface area contributed by atoms with E-state index in [-0.39, 0.29) is 30.4 Å². The fourth-order valence-corrected chi connectivity index (χ4v) is 5.90. The van der Waals surface area contributed by atoms with Crippen molar-refractivity contribution in [2.24, 2.45) is 11.8 Å². The summed E-state index contributed by atoms with van der Waals surface area (Å²) in [5, 5.41) is 5.36. The van der Waals surface area contributed by atoms with Gasteiger partial charge in [0.05, 0.1) is 12.2 Å². The number of likely N-dealkylation sites (tertiary alicyclic amines) is 1. The molecule has 4 rings (SSSR count).